The summed E-state index contributed by atoms with van der Waals surface area (Å²) in [5.74, 6) is 0. The van der Waals surface area contributed by atoms with Crippen molar-refractivity contribution >= 4 is 57.9 Å². The van der Waals surface area contributed by atoms with E-state index in [1.807, 2.05) is 0 Å². The van der Waals surface area contributed by atoms with E-state index in [-0.39, 0.29) is 10.9 Å². The van der Waals surface area contributed by atoms with Gasteiger partial charge in [0, 0.05) is 21.7 Å². The van der Waals surface area contributed by atoms with E-state index < -0.39 is 0 Å². The summed E-state index contributed by atoms with van der Waals surface area (Å²) < 4.78 is 0. The average Bonchev–Trinajstić information content (AvgIpc) is 2.29. The van der Waals surface area contributed by atoms with Crippen molar-refractivity contribution < 1.29 is 0 Å². The molecule has 0 saturated carbocycles. The van der Waals surface area contributed by atoms with Gasteiger partial charge < -0.3 is 0 Å². The van der Waals surface area contributed by atoms with E-state index in [9.17, 15) is 0 Å². The van der Waals surface area contributed by atoms with Crippen molar-refractivity contribution in [2.45, 2.75) is 0 Å². The molecule has 0 aliphatic carbocycles. The van der Waals surface area contributed by atoms with Crippen LogP contribution < -0.4 is 0 Å². The smallest absolute Gasteiger partial charge is 0.105 e. The standard InChI is InChI=1S/C11H13S5/c1-16-10-8-14-6-4-12-2-3-13-5-7-15-9-11-16/h2-11H,1H3/q+1/b3-2-,6-4-,7-5-,10-8-,11-9-. The molecule has 0 saturated heterocycles. The minimum absolute atomic E-state index is 0.235. The minimum atomic E-state index is 0.235. The maximum Gasteiger partial charge on any atom is 0.130 e. The lowest BCUT2D eigenvalue weighted by Crippen LogP contribution is -1.83. The molecule has 0 aromatic heterocycles. The quantitative estimate of drug-likeness (QED) is 0.539. The highest BCUT2D eigenvalue weighted by molar-refractivity contribution is 8.11. The van der Waals surface area contributed by atoms with Crippen LogP contribution in [0.4, 0.5) is 0 Å². The Balaban J connectivity index is 2.51. The van der Waals surface area contributed by atoms with Gasteiger partial charge in [-0.2, -0.15) is 0 Å². The van der Waals surface area contributed by atoms with Crippen molar-refractivity contribution in [3.63, 3.8) is 0 Å². The van der Waals surface area contributed by atoms with Gasteiger partial charge in [-0.1, -0.05) is 0 Å². The van der Waals surface area contributed by atoms with Crippen molar-refractivity contribution in [1.82, 2.24) is 0 Å². The van der Waals surface area contributed by atoms with E-state index in [0.717, 1.165) is 0 Å². The van der Waals surface area contributed by atoms with Gasteiger partial charge in [-0.05, 0) is 32.4 Å². The number of thioether (sulfide) groups is 4. The molecular formula is C11H13S5+. The largest absolute Gasteiger partial charge is 0.130 e. The van der Waals surface area contributed by atoms with Crippen LogP contribution in [-0.4, -0.2) is 6.26 Å². The molecule has 0 spiro atoms. The van der Waals surface area contributed by atoms with Gasteiger partial charge in [0.2, 0.25) is 0 Å². The molecule has 0 bridgehead atoms. The summed E-state index contributed by atoms with van der Waals surface area (Å²) in [7, 11) is 0.235. The van der Waals surface area contributed by atoms with Crippen LogP contribution in [0.1, 0.15) is 0 Å². The zero-order chi connectivity index (χ0) is 11.5. The third-order valence-corrected chi connectivity index (χ3v) is 5.67. The van der Waals surface area contributed by atoms with E-state index in [1.54, 1.807) is 47.0 Å². The second kappa shape index (κ2) is 10.6. The first kappa shape index (κ1) is 14.5. The first-order valence-electron chi connectivity index (χ1n) is 4.43. The van der Waals surface area contributed by atoms with E-state index >= 15 is 0 Å². The van der Waals surface area contributed by atoms with E-state index in [4.69, 9.17) is 0 Å². The summed E-state index contributed by atoms with van der Waals surface area (Å²) in [4.78, 5) is 0. The van der Waals surface area contributed by atoms with Gasteiger partial charge in [0.1, 0.15) is 17.1 Å². The molecule has 0 radical (unpaired) electrons. The summed E-state index contributed by atoms with van der Waals surface area (Å²) in [5.41, 5.74) is 0. The molecule has 0 aromatic carbocycles. The monoisotopic (exact) mass is 305 g/mol. The Kier molecular flexibility index (Phi) is 9.61. The fourth-order valence-electron chi connectivity index (χ4n) is 0.659. The van der Waals surface area contributed by atoms with Crippen LogP contribution >= 0.6 is 47.0 Å². The van der Waals surface area contributed by atoms with Crippen molar-refractivity contribution in [2.24, 2.45) is 0 Å². The molecule has 0 unspecified atom stereocenters. The Morgan fingerprint density at radius 2 is 0.875 bits per heavy atom. The normalized spacial score (nSPS) is 29.6. The molecule has 0 fully saturated rings. The molecule has 0 amide bonds. The molecule has 16 heavy (non-hydrogen) atoms. The van der Waals surface area contributed by atoms with Gasteiger partial charge in [0.25, 0.3) is 0 Å². The van der Waals surface area contributed by atoms with Gasteiger partial charge in [-0.15, -0.1) is 47.0 Å². The molecule has 1 aliphatic rings. The number of hydrogen-bond donors (Lipinski definition) is 0. The number of rotatable bonds is 0. The van der Waals surface area contributed by atoms with E-state index in [2.05, 4.69) is 60.3 Å². The van der Waals surface area contributed by atoms with Gasteiger partial charge >= 0.3 is 0 Å². The first-order chi connectivity index (χ1) is 7.89. The van der Waals surface area contributed by atoms with E-state index in [0.29, 0.717) is 0 Å². The Morgan fingerprint density at radius 1 is 0.562 bits per heavy atom. The highest BCUT2D eigenvalue weighted by Crippen LogP contribution is 2.17. The molecule has 5 heteroatoms. The molecule has 0 aromatic rings. The minimum Gasteiger partial charge on any atom is -0.105 e. The SMILES string of the molecule is C[S+]1/C=C\S/C=C\S/C=C\S/C=C\S/C=C\1. The lowest BCUT2D eigenvalue weighted by molar-refractivity contribution is 2.30. The maximum absolute atomic E-state index is 2.23. The molecule has 1 aliphatic heterocycles. The summed E-state index contributed by atoms with van der Waals surface area (Å²) in [6.45, 7) is 0. The molecule has 1 rings (SSSR count). The van der Waals surface area contributed by atoms with Crippen molar-refractivity contribution in [3.05, 3.63) is 54.1 Å². The van der Waals surface area contributed by atoms with Gasteiger partial charge in [0.15, 0.2) is 0 Å². The lowest BCUT2D eigenvalue weighted by Gasteiger charge is -1.85. The second-order valence-corrected chi connectivity index (χ2v) is 7.54. The lowest BCUT2D eigenvalue weighted by atomic mass is 11.2. The van der Waals surface area contributed by atoms with Crippen molar-refractivity contribution in [1.29, 1.82) is 0 Å². The van der Waals surface area contributed by atoms with Crippen LogP contribution in [0.5, 0.6) is 0 Å². The summed E-state index contributed by atoms with van der Waals surface area (Å²) >= 11 is 6.82. The fraction of sp³-hybridized carbons (Fsp3) is 0.0909. The zero-order valence-electron chi connectivity index (χ0n) is 8.81. The van der Waals surface area contributed by atoms with Crippen LogP contribution in [0.3, 0.4) is 0 Å². The van der Waals surface area contributed by atoms with Crippen molar-refractivity contribution in [3.8, 4) is 0 Å². The molecule has 1 heterocycles. The molecular weight excluding hydrogens is 292 g/mol. The van der Waals surface area contributed by atoms with Crippen LogP contribution in [-0.2, 0) is 10.9 Å². The summed E-state index contributed by atoms with van der Waals surface area (Å²) in [6, 6.07) is 0. The predicted octanol–water partition coefficient (Wildman–Crippen LogP) is 5.54. The van der Waals surface area contributed by atoms with Crippen LogP contribution in [0.2, 0.25) is 0 Å². The Bertz CT molecular complexity index is 284. The Labute approximate surface area is 118 Å². The fourth-order valence-corrected chi connectivity index (χ4v) is 4.57. The zero-order valence-corrected chi connectivity index (χ0v) is 12.9. The molecule has 0 nitrogen and oxygen atoms in total. The average molecular weight is 306 g/mol. The third-order valence-electron chi connectivity index (χ3n) is 1.34. The molecule has 0 N–H and O–H groups in total. The second-order valence-electron chi connectivity index (χ2n) is 2.51. The highest BCUT2D eigenvalue weighted by Gasteiger charge is 1.98. The predicted molar refractivity (Wildman–Crippen MR) is 89.4 cm³/mol. The summed E-state index contributed by atoms with van der Waals surface area (Å²) in [5, 5.41) is 21.3. The van der Waals surface area contributed by atoms with Crippen molar-refractivity contribution in [2.75, 3.05) is 6.26 Å². The molecule has 0 atom stereocenters. The first-order valence-corrected chi connectivity index (χ1v) is 9.96. The van der Waals surface area contributed by atoms with Crippen LogP contribution in [0.15, 0.2) is 54.1 Å². The van der Waals surface area contributed by atoms with Gasteiger partial charge in [-0.25, -0.2) is 0 Å². The Hall–Kier alpha value is 0.450. The van der Waals surface area contributed by atoms with Crippen LogP contribution in [0.25, 0.3) is 0 Å². The Morgan fingerprint density at radius 3 is 1.25 bits per heavy atom. The molecule has 86 valence electrons. The number of hydrogen-bond acceptors (Lipinski definition) is 4. The third kappa shape index (κ3) is 8.58. The van der Waals surface area contributed by atoms with Crippen LogP contribution in [0, 0.1) is 0 Å². The van der Waals surface area contributed by atoms with E-state index in [1.165, 1.54) is 0 Å². The maximum atomic E-state index is 2.23. The van der Waals surface area contributed by atoms with Gasteiger partial charge in [0.05, 0.1) is 0 Å². The topological polar surface area (TPSA) is 0 Å². The van der Waals surface area contributed by atoms with Gasteiger partial charge in [-0.3, -0.25) is 0 Å². The summed E-state index contributed by atoms with van der Waals surface area (Å²) in [6.07, 6.45) is 2.21. The highest BCUT2D eigenvalue weighted by atomic mass is 32.2.